The van der Waals surface area contributed by atoms with Crippen LogP contribution in [-0.4, -0.2) is 50.4 Å². The third-order valence-electron chi connectivity index (χ3n) is 6.12. The molecule has 0 saturated heterocycles. The minimum Gasteiger partial charge on any atom is -0.497 e. The van der Waals surface area contributed by atoms with Crippen LogP contribution in [0.25, 0.3) is 0 Å². The molecule has 0 fully saturated rings. The minimum absolute atomic E-state index is 0.0132. The summed E-state index contributed by atoms with van der Waals surface area (Å²) in [6.07, 6.45) is 0.298. The van der Waals surface area contributed by atoms with Gasteiger partial charge in [0, 0.05) is 22.1 Å². The van der Waals surface area contributed by atoms with Crippen LogP contribution in [0, 0.1) is 0 Å². The standard InChI is InChI=1S/C30H35Cl2N3O5S/c1-6-27(29(37)33-30(2,3)4)34(19-21-11-10-12-25(15-21)40-5)28(36)20-35(24-17-22(31)16-23(32)18-24)41(38,39)26-13-8-7-9-14-26/h7-18,27H,6,19-20H2,1-5H3,(H,33,37). The molecule has 0 aromatic heterocycles. The summed E-state index contributed by atoms with van der Waals surface area (Å²) >= 11 is 12.5. The van der Waals surface area contributed by atoms with E-state index >= 15 is 0 Å². The number of sulfonamides is 1. The first-order valence-corrected chi connectivity index (χ1v) is 15.2. The first kappa shape index (κ1) is 32.2. The summed E-state index contributed by atoms with van der Waals surface area (Å²) in [5, 5.41) is 3.36. The van der Waals surface area contributed by atoms with E-state index in [1.165, 1.54) is 42.3 Å². The number of benzene rings is 3. The molecule has 0 spiro atoms. The molecule has 2 amide bonds. The highest BCUT2D eigenvalue weighted by molar-refractivity contribution is 7.92. The number of anilines is 1. The number of ether oxygens (including phenoxy) is 1. The van der Waals surface area contributed by atoms with E-state index in [4.69, 9.17) is 27.9 Å². The van der Waals surface area contributed by atoms with Gasteiger partial charge in [-0.3, -0.25) is 13.9 Å². The van der Waals surface area contributed by atoms with Crippen LogP contribution in [0.5, 0.6) is 5.75 Å². The van der Waals surface area contributed by atoms with Gasteiger partial charge in [-0.25, -0.2) is 8.42 Å². The second-order valence-electron chi connectivity index (χ2n) is 10.5. The van der Waals surface area contributed by atoms with Gasteiger partial charge in [0.05, 0.1) is 17.7 Å². The maximum absolute atomic E-state index is 14.1. The SMILES string of the molecule is CCC(C(=O)NC(C)(C)C)N(Cc1cccc(OC)c1)C(=O)CN(c1cc(Cl)cc(Cl)c1)S(=O)(=O)c1ccccc1. The van der Waals surface area contributed by atoms with Gasteiger partial charge in [-0.05, 0) is 75.2 Å². The topological polar surface area (TPSA) is 96.0 Å². The van der Waals surface area contributed by atoms with Gasteiger partial charge in [0.1, 0.15) is 18.3 Å². The Morgan fingerprint density at radius 1 is 0.951 bits per heavy atom. The fourth-order valence-corrected chi connectivity index (χ4v) is 6.21. The van der Waals surface area contributed by atoms with E-state index in [1.54, 1.807) is 43.3 Å². The van der Waals surface area contributed by atoms with Gasteiger partial charge < -0.3 is 15.0 Å². The summed E-state index contributed by atoms with van der Waals surface area (Å²) in [4.78, 5) is 28.9. The highest BCUT2D eigenvalue weighted by Gasteiger charge is 2.34. The molecule has 1 N–H and O–H groups in total. The maximum atomic E-state index is 14.1. The molecule has 220 valence electrons. The Balaban J connectivity index is 2.10. The van der Waals surface area contributed by atoms with Crippen molar-refractivity contribution in [3.8, 4) is 5.75 Å². The van der Waals surface area contributed by atoms with Crippen molar-refractivity contribution >= 4 is 50.7 Å². The van der Waals surface area contributed by atoms with Gasteiger partial charge in [0.2, 0.25) is 11.8 Å². The summed E-state index contributed by atoms with van der Waals surface area (Å²) in [6.45, 7) is 6.79. The van der Waals surface area contributed by atoms with E-state index < -0.39 is 34.1 Å². The molecule has 0 aliphatic heterocycles. The predicted molar refractivity (Wildman–Crippen MR) is 163 cm³/mol. The highest BCUT2D eigenvalue weighted by atomic mass is 35.5. The molecule has 0 heterocycles. The molecule has 41 heavy (non-hydrogen) atoms. The van der Waals surface area contributed by atoms with Gasteiger partial charge >= 0.3 is 0 Å². The summed E-state index contributed by atoms with van der Waals surface area (Å²) < 4.78 is 34.1. The Kier molecular flexibility index (Phi) is 10.7. The molecule has 0 aliphatic rings. The van der Waals surface area contributed by atoms with Crippen molar-refractivity contribution in [1.82, 2.24) is 10.2 Å². The van der Waals surface area contributed by atoms with Gasteiger partial charge in [-0.1, -0.05) is 60.5 Å². The molecule has 0 bridgehead atoms. The van der Waals surface area contributed by atoms with Gasteiger partial charge in [0.25, 0.3) is 10.0 Å². The van der Waals surface area contributed by atoms with E-state index in [-0.39, 0.29) is 33.1 Å². The van der Waals surface area contributed by atoms with Crippen molar-refractivity contribution in [2.75, 3.05) is 18.0 Å². The third-order valence-corrected chi connectivity index (χ3v) is 8.34. The summed E-state index contributed by atoms with van der Waals surface area (Å²) in [5.41, 5.74) is 0.284. The number of nitrogens with one attached hydrogen (secondary N) is 1. The lowest BCUT2D eigenvalue weighted by Gasteiger charge is -2.35. The molecule has 8 nitrogen and oxygen atoms in total. The zero-order chi connectivity index (χ0) is 30.4. The highest BCUT2D eigenvalue weighted by Crippen LogP contribution is 2.30. The number of amides is 2. The van der Waals surface area contributed by atoms with Crippen molar-refractivity contribution in [2.24, 2.45) is 0 Å². The van der Waals surface area contributed by atoms with Crippen molar-refractivity contribution in [3.05, 3.63) is 88.4 Å². The Bertz CT molecular complexity index is 1460. The van der Waals surface area contributed by atoms with Crippen LogP contribution in [0.1, 0.15) is 39.7 Å². The van der Waals surface area contributed by atoms with Crippen molar-refractivity contribution in [3.63, 3.8) is 0 Å². The normalized spacial score (nSPS) is 12.4. The smallest absolute Gasteiger partial charge is 0.264 e. The maximum Gasteiger partial charge on any atom is 0.264 e. The van der Waals surface area contributed by atoms with Crippen LogP contribution in [0.4, 0.5) is 5.69 Å². The predicted octanol–water partition coefficient (Wildman–Crippen LogP) is 5.92. The minimum atomic E-state index is -4.23. The van der Waals surface area contributed by atoms with E-state index in [2.05, 4.69) is 5.32 Å². The molecule has 1 unspecified atom stereocenters. The molecule has 0 saturated carbocycles. The number of halogens is 2. The van der Waals surface area contributed by atoms with Crippen molar-refractivity contribution in [1.29, 1.82) is 0 Å². The molecule has 0 aliphatic carbocycles. The summed E-state index contributed by atoms with van der Waals surface area (Å²) in [5.74, 6) is -0.345. The zero-order valence-electron chi connectivity index (χ0n) is 23.7. The average molecular weight is 621 g/mol. The number of nitrogens with zero attached hydrogens (tertiary/aromatic N) is 2. The van der Waals surface area contributed by atoms with Gasteiger partial charge in [-0.2, -0.15) is 0 Å². The van der Waals surface area contributed by atoms with E-state index in [1.807, 2.05) is 26.8 Å². The van der Waals surface area contributed by atoms with Crippen LogP contribution in [0.15, 0.2) is 77.7 Å². The molecular weight excluding hydrogens is 585 g/mol. The molecule has 11 heteroatoms. The molecule has 1 atom stereocenters. The first-order chi connectivity index (χ1) is 19.2. The van der Waals surface area contributed by atoms with Crippen LogP contribution in [-0.2, 0) is 26.2 Å². The first-order valence-electron chi connectivity index (χ1n) is 13.0. The quantitative estimate of drug-likeness (QED) is 0.287. The van der Waals surface area contributed by atoms with Gasteiger partial charge in [-0.15, -0.1) is 0 Å². The second kappa shape index (κ2) is 13.6. The number of carbonyl (C=O) groups is 2. The Labute approximate surface area is 252 Å². The molecular formula is C30H35Cl2N3O5S. The van der Waals surface area contributed by atoms with E-state index in [9.17, 15) is 18.0 Å². The Hall–Kier alpha value is -3.27. The number of hydrogen-bond donors (Lipinski definition) is 1. The number of methoxy groups -OCH3 is 1. The Morgan fingerprint density at radius 3 is 2.15 bits per heavy atom. The number of hydrogen-bond acceptors (Lipinski definition) is 5. The lowest BCUT2D eigenvalue weighted by Crippen LogP contribution is -2.55. The fraction of sp³-hybridized carbons (Fsp3) is 0.333. The monoisotopic (exact) mass is 619 g/mol. The molecule has 0 radical (unpaired) electrons. The lowest BCUT2D eigenvalue weighted by atomic mass is 10.1. The number of rotatable bonds is 11. The summed E-state index contributed by atoms with van der Waals surface area (Å²) in [7, 11) is -2.70. The molecule has 3 rings (SSSR count). The molecule has 3 aromatic rings. The van der Waals surface area contributed by atoms with Crippen LogP contribution in [0.3, 0.4) is 0 Å². The summed E-state index contributed by atoms with van der Waals surface area (Å²) in [6, 6.07) is 18.4. The third kappa shape index (κ3) is 8.61. The van der Waals surface area contributed by atoms with Crippen molar-refractivity contribution < 1.29 is 22.7 Å². The van der Waals surface area contributed by atoms with E-state index in [0.717, 1.165) is 4.31 Å². The van der Waals surface area contributed by atoms with Crippen LogP contribution < -0.4 is 14.4 Å². The van der Waals surface area contributed by atoms with Crippen LogP contribution in [0.2, 0.25) is 10.0 Å². The average Bonchev–Trinajstić information content (AvgIpc) is 2.90. The fourth-order valence-electron chi connectivity index (χ4n) is 4.27. The largest absolute Gasteiger partial charge is 0.497 e. The van der Waals surface area contributed by atoms with Crippen LogP contribution >= 0.6 is 23.2 Å². The Morgan fingerprint density at radius 2 is 1.59 bits per heavy atom. The van der Waals surface area contributed by atoms with Crippen molar-refractivity contribution in [2.45, 2.75) is 57.1 Å². The van der Waals surface area contributed by atoms with Gasteiger partial charge in [0.15, 0.2) is 0 Å². The van der Waals surface area contributed by atoms with E-state index in [0.29, 0.717) is 17.7 Å². The molecule has 3 aromatic carbocycles. The zero-order valence-corrected chi connectivity index (χ0v) is 26.1. The lowest BCUT2D eigenvalue weighted by molar-refractivity contribution is -0.141. The number of carbonyl (C=O) groups excluding carboxylic acids is 2. The second-order valence-corrected chi connectivity index (χ2v) is 13.2.